The predicted molar refractivity (Wildman–Crippen MR) is 78.8 cm³/mol. The maximum absolute atomic E-state index is 9.58. The van der Waals surface area contributed by atoms with Gasteiger partial charge in [0.05, 0.1) is 12.6 Å². The Bertz CT molecular complexity index is 527. The third-order valence-electron chi connectivity index (χ3n) is 2.95. The molecule has 0 bridgehead atoms. The van der Waals surface area contributed by atoms with Crippen LogP contribution >= 0.6 is 15.9 Å². The fourth-order valence-electron chi connectivity index (χ4n) is 1.97. The van der Waals surface area contributed by atoms with Gasteiger partial charge < -0.3 is 10.4 Å². The summed E-state index contributed by atoms with van der Waals surface area (Å²) < 4.78 is 0.997. The molecule has 0 aliphatic heterocycles. The standard InChI is InChI=1S/C15H16BrNO/c1-11-6-2-3-7-12(11)15(10-18)17-14-9-5-4-8-13(14)16/h2-9,15,17-18H,10H2,1H3. The van der Waals surface area contributed by atoms with E-state index in [-0.39, 0.29) is 12.6 Å². The first-order valence-electron chi connectivity index (χ1n) is 5.90. The van der Waals surface area contributed by atoms with Gasteiger partial charge in [-0.2, -0.15) is 0 Å². The minimum absolute atomic E-state index is 0.0617. The van der Waals surface area contributed by atoms with Crippen LogP contribution in [-0.4, -0.2) is 11.7 Å². The third-order valence-corrected chi connectivity index (χ3v) is 3.64. The molecule has 3 heteroatoms. The molecule has 0 heterocycles. The van der Waals surface area contributed by atoms with E-state index in [2.05, 4.69) is 34.2 Å². The predicted octanol–water partition coefficient (Wildman–Crippen LogP) is 3.90. The lowest BCUT2D eigenvalue weighted by atomic mass is 10.0. The van der Waals surface area contributed by atoms with Crippen molar-refractivity contribution in [3.8, 4) is 0 Å². The van der Waals surface area contributed by atoms with Crippen LogP contribution in [-0.2, 0) is 0 Å². The van der Waals surface area contributed by atoms with E-state index >= 15 is 0 Å². The Balaban J connectivity index is 2.26. The maximum Gasteiger partial charge on any atom is 0.0747 e. The summed E-state index contributed by atoms with van der Waals surface area (Å²) in [5.74, 6) is 0. The molecule has 2 rings (SSSR count). The number of nitrogens with one attached hydrogen (secondary N) is 1. The molecule has 18 heavy (non-hydrogen) atoms. The SMILES string of the molecule is Cc1ccccc1C(CO)Nc1ccccc1Br. The van der Waals surface area contributed by atoms with Crippen molar-refractivity contribution in [2.24, 2.45) is 0 Å². The van der Waals surface area contributed by atoms with E-state index in [1.54, 1.807) is 0 Å². The van der Waals surface area contributed by atoms with E-state index in [0.29, 0.717) is 0 Å². The molecule has 0 aromatic heterocycles. The zero-order valence-electron chi connectivity index (χ0n) is 10.2. The van der Waals surface area contributed by atoms with Gasteiger partial charge in [-0.3, -0.25) is 0 Å². The van der Waals surface area contributed by atoms with Gasteiger partial charge in [-0.05, 0) is 46.1 Å². The Morgan fingerprint density at radius 3 is 2.44 bits per heavy atom. The van der Waals surface area contributed by atoms with Gasteiger partial charge in [0.15, 0.2) is 0 Å². The van der Waals surface area contributed by atoms with Crippen LogP contribution in [0, 0.1) is 6.92 Å². The van der Waals surface area contributed by atoms with E-state index in [4.69, 9.17) is 0 Å². The molecule has 2 aromatic rings. The average Bonchev–Trinajstić information content (AvgIpc) is 2.39. The lowest BCUT2D eigenvalue weighted by molar-refractivity contribution is 0.276. The first-order chi connectivity index (χ1) is 8.72. The number of aliphatic hydroxyl groups is 1. The van der Waals surface area contributed by atoms with Crippen LogP contribution in [0.25, 0.3) is 0 Å². The third kappa shape index (κ3) is 2.92. The van der Waals surface area contributed by atoms with E-state index in [9.17, 15) is 5.11 Å². The van der Waals surface area contributed by atoms with Gasteiger partial charge in [-0.1, -0.05) is 36.4 Å². The molecule has 94 valence electrons. The number of halogens is 1. The Hall–Kier alpha value is -1.32. The van der Waals surface area contributed by atoms with Crippen LogP contribution in [0.1, 0.15) is 17.2 Å². The van der Waals surface area contributed by atoms with Gasteiger partial charge in [0.25, 0.3) is 0 Å². The summed E-state index contributed by atoms with van der Waals surface area (Å²) in [5.41, 5.74) is 3.28. The van der Waals surface area contributed by atoms with Gasteiger partial charge in [-0.25, -0.2) is 0 Å². The highest BCUT2D eigenvalue weighted by atomic mass is 79.9. The minimum Gasteiger partial charge on any atom is -0.394 e. The van der Waals surface area contributed by atoms with Gasteiger partial charge in [0, 0.05) is 10.2 Å². The molecule has 0 amide bonds. The van der Waals surface area contributed by atoms with Crippen LogP contribution < -0.4 is 5.32 Å². The Labute approximate surface area is 116 Å². The lowest BCUT2D eigenvalue weighted by Gasteiger charge is -2.20. The van der Waals surface area contributed by atoms with Crippen molar-refractivity contribution in [2.45, 2.75) is 13.0 Å². The van der Waals surface area contributed by atoms with Gasteiger partial charge >= 0.3 is 0 Å². The number of aryl methyl sites for hydroxylation is 1. The van der Waals surface area contributed by atoms with E-state index in [0.717, 1.165) is 15.7 Å². The van der Waals surface area contributed by atoms with E-state index < -0.39 is 0 Å². The molecule has 2 aromatic carbocycles. The van der Waals surface area contributed by atoms with Gasteiger partial charge in [0.1, 0.15) is 0 Å². The monoisotopic (exact) mass is 305 g/mol. The van der Waals surface area contributed by atoms with Crippen LogP contribution in [0.4, 0.5) is 5.69 Å². The molecule has 2 nitrogen and oxygen atoms in total. The molecule has 0 aliphatic carbocycles. The van der Waals surface area contributed by atoms with E-state index in [1.807, 2.05) is 42.5 Å². The van der Waals surface area contributed by atoms with Gasteiger partial charge in [-0.15, -0.1) is 0 Å². The Morgan fingerprint density at radius 2 is 1.78 bits per heavy atom. The highest BCUT2D eigenvalue weighted by Crippen LogP contribution is 2.27. The van der Waals surface area contributed by atoms with Crippen LogP contribution in [0.3, 0.4) is 0 Å². The molecular weight excluding hydrogens is 290 g/mol. The lowest BCUT2D eigenvalue weighted by Crippen LogP contribution is -2.16. The molecule has 0 aliphatic rings. The number of hydrogen-bond acceptors (Lipinski definition) is 2. The summed E-state index contributed by atoms with van der Waals surface area (Å²) in [4.78, 5) is 0. The number of benzene rings is 2. The number of rotatable bonds is 4. The van der Waals surface area contributed by atoms with Crippen molar-refractivity contribution >= 4 is 21.6 Å². The molecule has 0 fully saturated rings. The molecule has 1 atom stereocenters. The largest absolute Gasteiger partial charge is 0.394 e. The second kappa shape index (κ2) is 6.03. The number of anilines is 1. The zero-order valence-corrected chi connectivity index (χ0v) is 11.8. The van der Waals surface area contributed by atoms with Crippen molar-refractivity contribution in [3.05, 3.63) is 64.1 Å². The second-order valence-electron chi connectivity index (χ2n) is 4.22. The molecule has 2 N–H and O–H groups in total. The summed E-state index contributed by atoms with van der Waals surface area (Å²) in [7, 11) is 0. The first kappa shape index (κ1) is 13.1. The molecule has 0 saturated heterocycles. The Kier molecular flexibility index (Phi) is 4.39. The number of para-hydroxylation sites is 1. The summed E-state index contributed by atoms with van der Waals surface area (Å²) in [5, 5.41) is 12.9. The molecule has 1 unspecified atom stereocenters. The fraction of sp³-hybridized carbons (Fsp3) is 0.200. The van der Waals surface area contributed by atoms with Crippen LogP contribution in [0.2, 0.25) is 0 Å². The van der Waals surface area contributed by atoms with Crippen molar-refractivity contribution in [3.63, 3.8) is 0 Å². The summed E-state index contributed by atoms with van der Waals surface area (Å²) in [6, 6.07) is 15.9. The normalized spacial score (nSPS) is 12.2. The van der Waals surface area contributed by atoms with Crippen molar-refractivity contribution in [2.75, 3.05) is 11.9 Å². The van der Waals surface area contributed by atoms with Crippen LogP contribution in [0.15, 0.2) is 53.0 Å². The number of aliphatic hydroxyl groups excluding tert-OH is 1. The summed E-state index contributed by atoms with van der Waals surface area (Å²) in [6.45, 7) is 2.12. The quantitative estimate of drug-likeness (QED) is 0.898. The summed E-state index contributed by atoms with van der Waals surface area (Å²) >= 11 is 3.50. The first-order valence-corrected chi connectivity index (χ1v) is 6.69. The van der Waals surface area contributed by atoms with Crippen molar-refractivity contribution in [1.29, 1.82) is 0 Å². The molecule has 0 spiro atoms. The number of hydrogen-bond donors (Lipinski definition) is 2. The molecule has 0 radical (unpaired) electrons. The van der Waals surface area contributed by atoms with E-state index in [1.165, 1.54) is 5.56 Å². The average molecular weight is 306 g/mol. The van der Waals surface area contributed by atoms with Crippen molar-refractivity contribution in [1.82, 2.24) is 0 Å². The summed E-state index contributed by atoms with van der Waals surface area (Å²) in [6.07, 6.45) is 0. The highest BCUT2D eigenvalue weighted by Gasteiger charge is 2.13. The van der Waals surface area contributed by atoms with Crippen LogP contribution in [0.5, 0.6) is 0 Å². The van der Waals surface area contributed by atoms with Gasteiger partial charge in [0.2, 0.25) is 0 Å². The maximum atomic E-state index is 9.58. The van der Waals surface area contributed by atoms with Crippen molar-refractivity contribution < 1.29 is 5.11 Å². The minimum atomic E-state index is -0.0927. The topological polar surface area (TPSA) is 32.3 Å². The fourth-order valence-corrected chi connectivity index (χ4v) is 2.36. The molecular formula is C15H16BrNO. The highest BCUT2D eigenvalue weighted by molar-refractivity contribution is 9.10. The molecule has 0 saturated carbocycles. The smallest absolute Gasteiger partial charge is 0.0747 e. The Morgan fingerprint density at radius 1 is 1.11 bits per heavy atom. The second-order valence-corrected chi connectivity index (χ2v) is 5.07. The zero-order chi connectivity index (χ0) is 13.0.